The second kappa shape index (κ2) is 14.0. The fourth-order valence-electron chi connectivity index (χ4n) is 5.86. The molecule has 5 aromatic rings. The summed E-state index contributed by atoms with van der Waals surface area (Å²) in [6, 6.07) is 18.5. The summed E-state index contributed by atoms with van der Waals surface area (Å²) < 4.78 is 1.78. The second-order valence-electron chi connectivity index (χ2n) is 12.5. The number of carbonyl (C=O) groups is 1. The number of likely N-dealkylation sites (N-methyl/N-ethyl adjacent to an activating group) is 1. The first-order valence-electron chi connectivity index (χ1n) is 16.0. The van der Waals surface area contributed by atoms with Crippen LogP contribution < -0.4 is 15.5 Å². The van der Waals surface area contributed by atoms with Crippen molar-refractivity contribution in [2.75, 3.05) is 49.3 Å². The minimum atomic E-state index is -0.164. The van der Waals surface area contributed by atoms with E-state index in [9.17, 15) is 10.1 Å². The van der Waals surface area contributed by atoms with E-state index < -0.39 is 0 Å². The lowest BCUT2D eigenvalue weighted by atomic mass is 9.99. The Morgan fingerprint density at radius 1 is 1.13 bits per heavy atom. The number of nitriles is 1. The van der Waals surface area contributed by atoms with Gasteiger partial charge in [-0.1, -0.05) is 50.3 Å². The molecule has 2 N–H and O–H groups in total. The van der Waals surface area contributed by atoms with Crippen LogP contribution in [0.15, 0.2) is 73.1 Å². The van der Waals surface area contributed by atoms with Crippen molar-refractivity contribution >= 4 is 39.9 Å². The van der Waals surface area contributed by atoms with Crippen LogP contribution in [0.1, 0.15) is 43.7 Å². The molecule has 0 radical (unpaired) electrons. The topological polar surface area (TPSA) is 127 Å². The maximum absolute atomic E-state index is 12.4. The number of anilines is 3. The Balaban J connectivity index is 1.28. The molecule has 240 valence electrons. The summed E-state index contributed by atoms with van der Waals surface area (Å²) in [6.45, 7) is 6.94. The van der Waals surface area contributed by atoms with Gasteiger partial charge in [-0.25, -0.2) is 0 Å². The minimum absolute atomic E-state index is 0.0773. The summed E-state index contributed by atoms with van der Waals surface area (Å²) in [7, 11) is 3.92. The maximum atomic E-state index is 12.4. The number of nitrogens with zero attached hydrogens (tertiary/aromatic N) is 8. The monoisotopic (exact) mass is 628 g/mol. The van der Waals surface area contributed by atoms with E-state index in [1.54, 1.807) is 16.8 Å². The average Bonchev–Trinajstić information content (AvgIpc) is 3.51. The van der Waals surface area contributed by atoms with Crippen LogP contribution in [0.3, 0.4) is 0 Å². The summed E-state index contributed by atoms with van der Waals surface area (Å²) in [5.74, 6) is 1.43. The molecule has 0 aliphatic carbocycles. The SMILES string of the molecule is CC(C)c1cnn2c(NCc3ccccc3-c3nccc4cc(NC(=O)/C=C/CN(C)C)ccc34)nc(N3CCC(C#N)CC3)nc12. The van der Waals surface area contributed by atoms with Crippen LogP contribution in [-0.4, -0.2) is 69.1 Å². The highest BCUT2D eigenvalue weighted by Crippen LogP contribution is 2.32. The van der Waals surface area contributed by atoms with Crippen molar-refractivity contribution in [3.8, 4) is 17.3 Å². The number of pyridine rings is 1. The number of benzene rings is 2. The lowest BCUT2D eigenvalue weighted by Gasteiger charge is -2.29. The summed E-state index contributed by atoms with van der Waals surface area (Å²) in [6.07, 6.45) is 8.68. The van der Waals surface area contributed by atoms with Gasteiger partial charge in [0.25, 0.3) is 0 Å². The maximum Gasteiger partial charge on any atom is 0.248 e. The zero-order valence-electron chi connectivity index (χ0n) is 27.3. The van der Waals surface area contributed by atoms with Crippen molar-refractivity contribution in [2.45, 2.75) is 39.2 Å². The molecule has 0 atom stereocenters. The fourth-order valence-corrected chi connectivity index (χ4v) is 5.86. The lowest BCUT2D eigenvalue weighted by molar-refractivity contribution is -0.111. The van der Waals surface area contributed by atoms with E-state index in [0.29, 0.717) is 25.0 Å². The normalized spacial score (nSPS) is 14.0. The van der Waals surface area contributed by atoms with E-state index in [1.807, 2.05) is 67.7 Å². The van der Waals surface area contributed by atoms with E-state index in [-0.39, 0.29) is 17.7 Å². The largest absolute Gasteiger partial charge is 0.350 e. The van der Waals surface area contributed by atoms with Crippen molar-refractivity contribution < 1.29 is 4.79 Å². The third-order valence-corrected chi connectivity index (χ3v) is 8.45. The predicted molar refractivity (Wildman–Crippen MR) is 186 cm³/mol. The molecule has 0 unspecified atom stereocenters. The molecule has 11 heteroatoms. The van der Waals surface area contributed by atoms with E-state index in [4.69, 9.17) is 15.0 Å². The van der Waals surface area contributed by atoms with Gasteiger partial charge in [0.05, 0.1) is 18.0 Å². The van der Waals surface area contributed by atoms with Crippen LogP contribution in [0.5, 0.6) is 0 Å². The van der Waals surface area contributed by atoms with Crippen LogP contribution in [0, 0.1) is 17.2 Å². The third kappa shape index (κ3) is 7.08. The van der Waals surface area contributed by atoms with Crippen LogP contribution in [-0.2, 0) is 11.3 Å². The zero-order valence-corrected chi connectivity index (χ0v) is 27.3. The predicted octanol–water partition coefficient (Wildman–Crippen LogP) is 5.87. The lowest BCUT2D eigenvalue weighted by Crippen LogP contribution is -2.34. The smallest absolute Gasteiger partial charge is 0.248 e. The molecule has 0 spiro atoms. The van der Waals surface area contributed by atoms with Gasteiger partial charge >= 0.3 is 0 Å². The first kappa shape index (κ1) is 31.6. The number of fused-ring (bicyclic) bond motifs is 2. The van der Waals surface area contributed by atoms with Crippen molar-refractivity contribution in [3.05, 3.63) is 84.2 Å². The standard InChI is InChI=1S/C36H40N10O/c1-24(2)31-23-40-46-34(31)42-36(45-18-14-25(21-37)15-19-45)43-35(46)39-22-27-8-5-6-9-29(27)33-30-12-11-28(20-26(30)13-16-38-33)41-32(47)10-7-17-44(3)4/h5-13,16,20,23-25H,14-15,17-19,22H2,1-4H3,(H,41,47)(H,39,42,43)/b10-7+. The van der Waals surface area contributed by atoms with Crippen LogP contribution >= 0.6 is 0 Å². The third-order valence-electron chi connectivity index (χ3n) is 8.45. The van der Waals surface area contributed by atoms with E-state index in [0.717, 1.165) is 70.4 Å². The molecule has 1 saturated heterocycles. The van der Waals surface area contributed by atoms with E-state index >= 15 is 0 Å². The number of nitrogens with one attached hydrogen (secondary N) is 2. The van der Waals surface area contributed by atoms with Crippen molar-refractivity contribution in [1.29, 1.82) is 5.26 Å². The number of rotatable bonds is 10. The highest BCUT2D eigenvalue weighted by Gasteiger charge is 2.23. The van der Waals surface area contributed by atoms with Gasteiger partial charge in [0, 0.05) is 66.6 Å². The Morgan fingerprint density at radius 2 is 1.94 bits per heavy atom. The first-order valence-corrected chi connectivity index (χ1v) is 16.0. The van der Waals surface area contributed by atoms with Gasteiger partial charge in [-0.2, -0.15) is 24.8 Å². The molecular weight excluding hydrogens is 588 g/mol. The van der Waals surface area contributed by atoms with Gasteiger partial charge in [0.15, 0.2) is 5.65 Å². The van der Waals surface area contributed by atoms with Crippen molar-refractivity contribution in [1.82, 2.24) is 29.5 Å². The summed E-state index contributed by atoms with van der Waals surface area (Å²) >= 11 is 0. The number of piperidine rings is 1. The molecule has 3 aromatic heterocycles. The molecule has 0 bridgehead atoms. The van der Waals surface area contributed by atoms with Gasteiger partial charge in [-0.3, -0.25) is 9.78 Å². The molecular formula is C36H40N10O. The number of carbonyl (C=O) groups excluding carboxylic acids is 1. The molecule has 1 aliphatic heterocycles. The molecule has 6 rings (SSSR count). The quantitative estimate of drug-likeness (QED) is 0.183. The summed E-state index contributed by atoms with van der Waals surface area (Å²) in [4.78, 5) is 31.3. The van der Waals surface area contributed by atoms with Crippen LogP contribution in [0.25, 0.3) is 27.7 Å². The number of hydrogen-bond donors (Lipinski definition) is 2. The molecule has 1 fully saturated rings. The molecule has 1 amide bonds. The number of amides is 1. The first-order chi connectivity index (χ1) is 22.8. The van der Waals surface area contributed by atoms with Crippen LogP contribution in [0.4, 0.5) is 17.6 Å². The molecule has 0 saturated carbocycles. The van der Waals surface area contributed by atoms with E-state index in [1.165, 1.54) is 0 Å². The molecule has 11 nitrogen and oxygen atoms in total. The number of hydrogen-bond acceptors (Lipinski definition) is 9. The van der Waals surface area contributed by atoms with Gasteiger partial charge in [0.1, 0.15) is 0 Å². The Morgan fingerprint density at radius 3 is 2.70 bits per heavy atom. The Bertz CT molecular complexity index is 1960. The summed E-state index contributed by atoms with van der Waals surface area (Å²) in [5, 5.41) is 22.5. The van der Waals surface area contributed by atoms with Crippen molar-refractivity contribution in [3.63, 3.8) is 0 Å². The molecule has 47 heavy (non-hydrogen) atoms. The fraction of sp³-hybridized carbons (Fsp3) is 0.333. The highest BCUT2D eigenvalue weighted by atomic mass is 16.1. The Kier molecular flexibility index (Phi) is 9.40. The van der Waals surface area contributed by atoms with Crippen LogP contribution in [0.2, 0.25) is 0 Å². The van der Waals surface area contributed by atoms with Gasteiger partial charge in [0.2, 0.25) is 17.8 Å². The highest BCUT2D eigenvalue weighted by molar-refractivity contribution is 6.02. The molecule has 4 heterocycles. The minimum Gasteiger partial charge on any atom is -0.350 e. The second-order valence-corrected chi connectivity index (χ2v) is 12.5. The van der Waals surface area contributed by atoms with Crippen molar-refractivity contribution in [2.24, 2.45) is 5.92 Å². The Hall–Kier alpha value is -5.34. The molecule has 1 aliphatic rings. The average molecular weight is 629 g/mol. The Labute approximate surface area is 275 Å². The number of aromatic nitrogens is 5. The zero-order chi connectivity index (χ0) is 32.9. The molecule has 2 aromatic carbocycles. The van der Waals surface area contributed by atoms with Gasteiger partial charge in [-0.05, 0) is 62.0 Å². The van der Waals surface area contributed by atoms with Gasteiger partial charge < -0.3 is 20.4 Å². The van der Waals surface area contributed by atoms with Gasteiger partial charge in [-0.15, -0.1) is 0 Å². The van der Waals surface area contributed by atoms with E-state index in [2.05, 4.69) is 52.7 Å². The summed E-state index contributed by atoms with van der Waals surface area (Å²) in [5.41, 5.74) is 5.49.